The number of allylic oxidation sites excluding steroid dienone is 1. The Morgan fingerprint density at radius 2 is 2.25 bits per heavy atom. The lowest BCUT2D eigenvalue weighted by Crippen LogP contribution is -2.06. The molecule has 0 saturated carbocycles. The first kappa shape index (κ1) is 13.1. The predicted octanol–water partition coefficient (Wildman–Crippen LogP) is 3.48. The van der Waals surface area contributed by atoms with Crippen LogP contribution in [0.4, 0.5) is 5.82 Å². The summed E-state index contributed by atoms with van der Waals surface area (Å²) in [5.74, 6) is 0.838. The molecule has 0 aliphatic heterocycles. The Morgan fingerprint density at radius 3 is 3.05 bits per heavy atom. The Kier molecular flexibility index (Phi) is 3.95. The normalized spacial score (nSPS) is 15.3. The van der Waals surface area contributed by atoms with Crippen LogP contribution >= 0.6 is 0 Å². The minimum Gasteiger partial charge on any atom is -0.369 e. The van der Waals surface area contributed by atoms with Crippen molar-refractivity contribution in [2.24, 2.45) is 0 Å². The number of aryl methyl sites for hydroxylation is 1. The number of nitrogens with one attached hydrogen (secondary N) is 1. The standard InChI is InChI=1S/C15H20N4O/c1-2-12-13-14(17-10-18-15(13)20-19-12)16-9-8-11-6-4-3-5-7-11/h6,10H,2-5,7-9H2,1H3,(H,16,17,18). The minimum absolute atomic E-state index is 0.566. The minimum atomic E-state index is 0.566. The Morgan fingerprint density at radius 1 is 1.30 bits per heavy atom. The van der Waals surface area contributed by atoms with Gasteiger partial charge in [0.2, 0.25) is 0 Å². The van der Waals surface area contributed by atoms with Crippen molar-refractivity contribution in [3.05, 3.63) is 23.7 Å². The number of anilines is 1. The summed E-state index contributed by atoms with van der Waals surface area (Å²) in [6, 6.07) is 0. The SMILES string of the molecule is CCc1noc2ncnc(NCCC3=CCCCC3)c12. The van der Waals surface area contributed by atoms with Crippen LogP contribution in [0.5, 0.6) is 0 Å². The third kappa shape index (κ3) is 2.66. The van der Waals surface area contributed by atoms with Crippen molar-refractivity contribution in [2.45, 2.75) is 45.4 Å². The second-order valence-electron chi connectivity index (χ2n) is 5.17. The van der Waals surface area contributed by atoms with Gasteiger partial charge in [-0.15, -0.1) is 0 Å². The van der Waals surface area contributed by atoms with Crippen molar-refractivity contribution in [3.8, 4) is 0 Å². The van der Waals surface area contributed by atoms with Crippen molar-refractivity contribution in [1.82, 2.24) is 15.1 Å². The Labute approximate surface area is 118 Å². The number of hydrogen-bond acceptors (Lipinski definition) is 5. The molecule has 0 atom stereocenters. The van der Waals surface area contributed by atoms with E-state index in [9.17, 15) is 0 Å². The molecule has 2 aromatic rings. The van der Waals surface area contributed by atoms with E-state index in [0.717, 1.165) is 36.3 Å². The molecule has 0 unspecified atom stereocenters. The van der Waals surface area contributed by atoms with E-state index in [1.54, 1.807) is 5.57 Å². The third-order valence-corrected chi connectivity index (χ3v) is 3.80. The first-order valence-electron chi connectivity index (χ1n) is 7.39. The maximum atomic E-state index is 5.22. The molecule has 5 nitrogen and oxygen atoms in total. The fourth-order valence-electron chi connectivity index (χ4n) is 2.69. The number of nitrogens with zero attached hydrogens (tertiary/aromatic N) is 3. The van der Waals surface area contributed by atoms with Crippen LogP contribution in [0.15, 0.2) is 22.5 Å². The predicted molar refractivity (Wildman–Crippen MR) is 78.6 cm³/mol. The number of aromatic nitrogens is 3. The highest BCUT2D eigenvalue weighted by Crippen LogP contribution is 2.24. The molecule has 2 heterocycles. The second kappa shape index (κ2) is 6.03. The molecule has 0 amide bonds. The van der Waals surface area contributed by atoms with Gasteiger partial charge in [0.15, 0.2) is 0 Å². The van der Waals surface area contributed by atoms with Gasteiger partial charge in [-0.25, -0.2) is 4.98 Å². The first-order chi connectivity index (χ1) is 9.88. The fraction of sp³-hybridized carbons (Fsp3) is 0.533. The van der Waals surface area contributed by atoms with Gasteiger partial charge < -0.3 is 9.84 Å². The van der Waals surface area contributed by atoms with Crippen LogP contribution in [0.25, 0.3) is 11.1 Å². The number of rotatable bonds is 5. The molecule has 0 radical (unpaired) electrons. The Hall–Kier alpha value is -1.91. The maximum absolute atomic E-state index is 5.22. The molecule has 1 aliphatic rings. The fourth-order valence-corrected chi connectivity index (χ4v) is 2.69. The van der Waals surface area contributed by atoms with Crippen molar-refractivity contribution >= 4 is 16.9 Å². The molecular formula is C15H20N4O. The molecular weight excluding hydrogens is 252 g/mol. The average Bonchev–Trinajstić information content (AvgIpc) is 2.92. The van der Waals surface area contributed by atoms with E-state index < -0.39 is 0 Å². The summed E-state index contributed by atoms with van der Waals surface area (Å²) in [7, 11) is 0. The number of fused-ring (bicyclic) bond motifs is 1. The molecule has 0 aromatic carbocycles. The quantitative estimate of drug-likeness (QED) is 0.844. The van der Waals surface area contributed by atoms with Gasteiger partial charge in [-0.3, -0.25) is 0 Å². The average molecular weight is 272 g/mol. The largest absolute Gasteiger partial charge is 0.369 e. The van der Waals surface area contributed by atoms with E-state index in [-0.39, 0.29) is 0 Å². The topological polar surface area (TPSA) is 63.8 Å². The molecule has 5 heteroatoms. The summed E-state index contributed by atoms with van der Waals surface area (Å²) in [6.45, 7) is 2.95. The molecule has 1 N–H and O–H groups in total. The third-order valence-electron chi connectivity index (χ3n) is 3.80. The van der Waals surface area contributed by atoms with Gasteiger partial charge in [0, 0.05) is 6.54 Å². The summed E-state index contributed by atoms with van der Waals surface area (Å²) >= 11 is 0. The molecule has 0 saturated heterocycles. The van der Waals surface area contributed by atoms with E-state index in [0.29, 0.717) is 5.71 Å². The van der Waals surface area contributed by atoms with Gasteiger partial charge in [0.05, 0.1) is 5.69 Å². The van der Waals surface area contributed by atoms with Gasteiger partial charge >= 0.3 is 0 Å². The van der Waals surface area contributed by atoms with Crippen molar-refractivity contribution in [1.29, 1.82) is 0 Å². The van der Waals surface area contributed by atoms with Crippen LogP contribution in [0.3, 0.4) is 0 Å². The number of hydrogen-bond donors (Lipinski definition) is 1. The van der Waals surface area contributed by atoms with Crippen LogP contribution in [0.2, 0.25) is 0 Å². The second-order valence-corrected chi connectivity index (χ2v) is 5.17. The van der Waals surface area contributed by atoms with E-state index in [2.05, 4.69) is 33.4 Å². The zero-order valence-electron chi connectivity index (χ0n) is 11.9. The van der Waals surface area contributed by atoms with Crippen LogP contribution in [0, 0.1) is 0 Å². The Balaban J connectivity index is 1.70. The van der Waals surface area contributed by atoms with Crippen molar-refractivity contribution in [3.63, 3.8) is 0 Å². The molecule has 2 aromatic heterocycles. The zero-order chi connectivity index (χ0) is 13.8. The monoisotopic (exact) mass is 272 g/mol. The van der Waals surface area contributed by atoms with Gasteiger partial charge in [0.25, 0.3) is 5.71 Å². The Bertz CT molecular complexity index is 617. The van der Waals surface area contributed by atoms with Gasteiger partial charge in [-0.1, -0.05) is 23.7 Å². The molecule has 0 fully saturated rings. The molecule has 0 bridgehead atoms. The summed E-state index contributed by atoms with van der Waals surface area (Å²) in [4.78, 5) is 8.45. The van der Waals surface area contributed by atoms with Crippen LogP contribution in [0.1, 0.15) is 44.7 Å². The van der Waals surface area contributed by atoms with E-state index in [4.69, 9.17) is 4.52 Å². The molecule has 1 aliphatic carbocycles. The summed E-state index contributed by atoms with van der Waals surface area (Å²) < 4.78 is 5.22. The smallest absolute Gasteiger partial charge is 0.263 e. The first-order valence-corrected chi connectivity index (χ1v) is 7.39. The molecule has 20 heavy (non-hydrogen) atoms. The highest BCUT2D eigenvalue weighted by Gasteiger charge is 2.13. The van der Waals surface area contributed by atoms with Gasteiger partial charge in [-0.05, 0) is 38.5 Å². The molecule has 0 spiro atoms. The molecule has 3 rings (SSSR count). The zero-order valence-corrected chi connectivity index (χ0v) is 11.9. The highest BCUT2D eigenvalue weighted by molar-refractivity contribution is 5.87. The molecule has 106 valence electrons. The van der Waals surface area contributed by atoms with E-state index in [1.165, 1.54) is 32.0 Å². The van der Waals surface area contributed by atoms with Crippen LogP contribution in [-0.4, -0.2) is 21.7 Å². The van der Waals surface area contributed by atoms with Crippen molar-refractivity contribution in [2.75, 3.05) is 11.9 Å². The van der Waals surface area contributed by atoms with Crippen LogP contribution in [-0.2, 0) is 6.42 Å². The van der Waals surface area contributed by atoms with Crippen molar-refractivity contribution < 1.29 is 4.52 Å². The maximum Gasteiger partial charge on any atom is 0.263 e. The van der Waals surface area contributed by atoms with E-state index >= 15 is 0 Å². The van der Waals surface area contributed by atoms with E-state index in [1.807, 2.05) is 0 Å². The lowest BCUT2D eigenvalue weighted by molar-refractivity contribution is 0.439. The van der Waals surface area contributed by atoms with Gasteiger partial charge in [0.1, 0.15) is 17.5 Å². The lowest BCUT2D eigenvalue weighted by Gasteiger charge is -2.13. The summed E-state index contributed by atoms with van der Waals surface area (Å²) in [6.07, 6.45) is 11.0. The van der Waals surface area contributed by atoms with Crippen LogP contribution < -0.4 is 5.32 Å². The highest BCUT2D eigenvalue weighted by atomic mass is 16.5. The summed E-state index contributed by atoms with van der Waals surface area (Å²) in [5, 5.41) is 8.37. The lowest BCUT2D eigenvalue weighted by atomic mass is 9.97. The summed E-state index contributed by atoms with van der Waals surface area (Å²) in [5.41, 5.74) is 3.05. The van der Waals surface area contributed by atoms with Gasteiger partial charge in [-0.2, -0.15) is 4.98 Å².